The summed E-state index contributed by atoms with van der Waals surface area (Å²) in [5.74, 6) is 0. The van der Waals surface area contributed by atoms with Crippen LogP contribution >= 0.6 is 0 Å². The van der Waals surface area contributed by atoms with Crippen LogP contribution in [0.3, 0.4) is 0 Å². The lowest BCUT2D eigenvalue weighted by Crippen LogP contribution is -2.41. The van der Waals surface area contributed by atoms with E-state index in [0.29, 0.717) is 0 Å². The lowest BCUT2D eigenvalue weighted by atomic mass is 9.92. The van der Waals surface area contributed by atoms with Gasteiger partial charge >= 0.3 is 0 Å². The molecule has 0 bridgehead atoms. The highest BCUT2D eigenvalue weighted by atomic mass is 16.3. The lowest BCUT2D eigenvalue weighted by molar-refractivity contribution is 0.125. The second-order valence-electron chi connectivity index (χ2n) is 6.57. The summed E-state index contributed by atoms with van der Waals surface area (Å²) in [7, 11) is 2.12. The molecule has 0 radical (unpaired) electrons. The van der Waals surface area contributed by atoms with E-state index in [1.807, 2.05) is 0 Å². The van der Waals surface area contributed by atoms with Crippen LogP contribution in [-0.2, 0) is 6.54 Å². The van der Waals surface area contributed by atoms with Gasteiger partial charge in [0.25, 0.3) is 0 Å². The number of benzene rings is 1. The number of likely N-dealkylation sites (N-methyl/N-ethyl adjacent to an activating group) is 1. The summed E-state index contributed by atoms with van der Waals surface area (Å²) in [6.45, 7) is 8.85. The van der Waals surface area contributed by atoms with Gasteiger partial charge in [-0.05, 0) is 18.0 Å². The zero-order chi connectivity index (χ0) is 13.9. The van der Waals surface area contributed by atoms with Crippen LogP contribution in [0.5, 0.6) is 0 Å². The zero-order valence-electron chi connectivity index (χ0n) is 12.3. The number of aliphatic hydroxyl groups is 1. The van der Waals surface area contributed by atoms with Crippen LogP contribution in [0.25, 0.3) is 0 Å². The first kappa shape index (κ1) is 14.5. The third kappa shape index (κ3) is 4.03. The minimum Gasteiger partial charge on any atom is -0.395 e. The minimum absolute atomic E-state index is 0.234. The predicted molar refractivity (Wildman–Crippen MR) is 79.0 cm³/mol. The molecule has 1 aromatic rings. The zero-order valence-corrected chi connectivity index (χ0v) is 12.3. The van der Waals surface area contributed by atoms with Crippen LogP contribution in [0, 0.1) is 5.41 Å². The summed E-state index contributed by atoms with van der Waals surface area (Å²) in [5.41, 5.74) is 1.60. The molecule has 1 N–H and O–H groups in total. The second-order valence-corrected chi connectivity index (χ2v) is 6.57. The Hall–Kier alpha value is -0.900. The average Bonchev–Trinajstić information content (AvgIpc) is 2.45. The molecule has 1 atom stereocenters. The lowest BCUT2D eigenvalue weighted by Gasteiger charge is -2.30. The maximum atomic E-state index is 9.57. The summed E-state index contributed by atoms with van der Waals surface area (Å²) in [6, 6.07) is 10.8. The van der Waals surface area contributed by atoms with E-state index < -0.39 is 0 Å². The molecule has 3 heteroatoms. The summed E-state index contributed by atoms with van der Waals surface area (Å²) >= 11 is 0. The summed E-state index contributed by atoms with van der Waals surface area (Å²) in [4.78, 5) is 4.77. The molecule has 1 aliphatic rings. The van der Waals surface area contributed by atoms with Gasteiger partial charge in [0.2, 0.25) is 0 Å². The maximum absolute atomic E-state index is 9.57. The third-order valence-corrected chi connectivity index (χ3v) is 3.88. The number of nitrogens with zero attached hydrogens (tertiary/aromatic N) is 2. The Kier molecular flexibility index (Phi) is 4.61. The fourth-order valence-electron chi connectivity index (χ4n) is 3.12. The fraction of sp³-hybridized carbons (Fsp3) is 0.625. The quantitative estimate of drug-likeness (QED) is 0.900. The van der Waals surface area contributed by atoms with Gasteiger partial charge in [0.15, 0.2) is 0 Å². The van der Waals surface area contributed by atoms with Crippen LogP contribution < -0.4 is 0 Å². The van der Waals surface area contributed by atoms with E-state index in [9.17, 15) is 5.11 Å². The van der Waals surface area contributed by atoms with Crippen molar-refractivity contribution in [1.29, 1.82) is 0 Å². The second kappa shape index (κ2) is 6.04. The molecular weight excluding hydrogens is 236 g/mol. The van der Waals surface area contributed by atoms with Gasteiger partial charge < -0.3 is 5.11 Å². The fourth-order valence-corrected chi connectivity index (χ4v) is 3.12. The molecule has 0 spiro atoms. The molecule has 1 unspecified atom stereocenters. The van der Waals surface area contributed by atoms with E-state index in [4.69, 9.17) is 0 Å². The molecule has 19 heavy (non-hydrogen) atoms. The van der Waals surface area contributed by atoms with E-state index >= 15 is 0 Å². The van der Waals surface area contributed by atoms with Gasteiger partial charge in [0, 0.05) is 32.2 Å². The molecule has 1 aliphatic heterocycles. The SMILES string of the molecule is CN1CC(C)(C)CN(Cc2ccccc2)CC1CO. The number of rotatable bonds is 3. The maximum Gasteiger partial charge on any atom is 0.0599 e. The highest BCUT2D eigenvalue weighted by molar-refractivity contribution is 5.14. The van der Waals surface area contributed by atoms with Crippen LogP contribution in [0.15, 0.2) is 30.3 Å². The van der Waals surface area contributed by atoms with Crippen molar-refractivity contribution in [1.82, 2.24) is 9.80 Å². The van der Waals surface area contributed by atoms with Crippen molar-refractivity contribution in [3.05, 3.63) is 35.9 Å². The van der Waals surface area contributed by atoms with Gasteiger partial charge in [0.1, 0.15) is 0 Å². The highest BCUT2D eigenvalue weighted by Gasteiger charge is 2.31. The molecule has 0 aromatic heterocycles. The van der Waals surface area contributed by atoms with Gasteiger partial charge in [-0.1, -0.05) is 44.2 Å². The van der Waals surface area contributed by atoms with Crippen molar-refractivity contribution in [3.8, 4) is 0 Å². The molecular formula is C16H26N2O. The van der Waals surface area contributed by atoms with Crippen molar-refractivity contribution in [2.75, 3.05) is 33.3 Å². The van der Waals surface area contributed by atoms with Crippen molar-refractivity contribution in [3.63, 3.8) is 0 Å². The number of aliphatic hydroxyl groups excluding tert-OH is 1. The van der Waals surface area contributed by atoms with E-state index in [0.717, 1.165) is 26.2 Å². The molecule has 2 rings (SSSR count). The average molecular weight is 262 g/mol. The van der Waals surface area contributed by atoms with Gasteiger partial charge in [-0.2, -0.15) is 0 Å². The van der Waals surface area contributed by atoms with Crippen LogP contribution in [0.2, 0.25) is 0 Å². The van der Waals surface area contributed by atoms with E-state index in [1.54, 1.807) is 0 Å². The van der Waals surface area contributed by atoms with Crippen LogP contribution in [-0.4, -0.2) is 54.2 Å². The smallest absolute Gasteiger partial charge is 0.0599 e. The minimum atomic E-state index is 0.234. The molecule has 1 fully saturated rings. The first-order valence-corrected chi connectivity index (χ1v) is 7.07. The Morgan fingerprint density at radius 2 is 1.89 bits per heavy atom. The molecule has 1 aromatic carbocycles. The van der Waals surface area contributed by atoms with Gasteiger partial charge in [0.05, 0.1) is 6.61 Å². The molecule has 1 heterocycles. The number of hydrogen-bond acceptors (Lipinski definition) is 3. The van der Waals surface area contributed by atoms with E-state index in [1.165, 1.54) is 5.56 Å². The highest BCUT2D eigenvalue weighted by Crippen LogP contribution is 2.24. The Morgan fingerprint density at radius 1 is 1.21 bits per heavy atom. The van der Waals surface area contributed by atoms with Gasteiger partial charge in [-0.3, -0.25) is 9.80 Å². The van der Waals surface area contributed by atoms with E-state index in [-0.39, 0.29) is 18.1 Å². The van der Waals surface area contributed by atoms with Crippen molar-refractivity contribution < 1.29 is 5.11 Å². The standard InChI is InChI=1S/C16H26N2O/c1-16(2)12-17(3)15(11-19)10-18(13-16)9-14-7-5-4-6-8-14/h4-8,15,19H,9-13H2,1-3H3. The molecule has 3 nitrogen and oxygen atoms in total. The topological polar surface area (TPSA) is 26.7 Å². The molecule has 1 saturated heterocycles. The van der Waals surface area contributed by atoms with Crippen molar-refractivity contribution in [2.24, 2.45) is 5.41 Å². The predicted octanol–water partition coefficient (Wildman–Crippen LogP) is 1.82. The Morgan fingerprint density at radius 3 is 2.53 bits per heavy atom. The summed E-state index contributed by atoms with van der Waals surface area (Å²) in [6.07, 6.45) is 0. The normalized spacial score (nSPS) is 25.2. The third-order valence-electron chi connectivity index (χ3n) is 3.88. The summed E-state index contributed by atoms with van der Waals surface area (Å²) < 4.78 is 0. The Balaban J connectivity index is 2.10. The Bertz CT molecular complexity index is 391. The molecule has 0 saturated carbocycles. The Labute approximate surface area is 116 Å². The van der Waals surface area contributed by atoms with Crippen LogP contribution in [0.1, 0.15) is 19.4 Å². The molecule has 106 valence electrons. The molecule has 0 amide bonds. The van der Waals surface area contributed by atoms with Crippen molar-refractivity contribution >= 4 is 0 Å². The van der Waals surface area contributed by atoms with Crippen molar-refractivity contribution in [2.45, 2.75) is 26.4 Å². The van der Waals surface area contributed by atoms with Crippen LogP contribution in [0.4, 0.5) is 0 Å². The van der Waals surface area contributed by atoms with Gasteiger partial charge in [-0.25, -0.2) is 0 Å². The van der Waals surface area contributed by atoms with Gasteiger partial charge in [-0.15, -0.1) is 0 Å². The first-order chi connectivity index (χ1) is 9.00. The van der Waals surface area contributed by atoms with E-state index in [2.05, 4.69) is 61.0 Å². The number of hydrogen-bond donors (Lipinski definition) is 1. The first-order valence-electron chi connectivity index (χ1n) is 7.07. The monoisotopic (exact) mass is 262 g/mol. The molecule has 0 aliphatic carbocycles. The summed E-state index contributed by atoms with van der Waals surface area (Å²) in [5, 5.41) is 9.57. The largest absolute Gasteiger partial charge is 0.395 e.